The first-order chi connectivity index (χ1) is 7.78. The number of aromatic nitrogens is 2. The molecule has 0 aliphatic rings. The van der Waals surface area contributed by atoms with Crippen molar-refractivity contribution in [3.05, 3.63) is 32.6 Å². The second kappa shape index (κ2) is 4.87. The summed E-state index contributed by atoms with van der Waals surface area (Å²) >= 11 is 0. The van der Waals surface area contributed by atoms with Gasteiger partial charge in [-0.1, -0.05) is 6.92 Å². The van der Waals surface area contributed by atoms with Crippen LogP contribution in [-0.2, 0) is 20.6 Å². The predicted octanol–water partition coefficient (Wildman–Crippen LogP) is 0.362. The molecule has 0 aromatic carbocycles. The Morgan fingerprint density at radius 1 is 1.24 bits per heavy atom. The van der Waals surface area contributed by atoms with Gasteiger partial charge in [-0.25, -0.2) is 4.79 Å². The molecule has 17 heavy (non-hydrogen) atoms. The maximum absolute atomic E-state index is 11.7. The van der Waals surface area contributed by atoms with Crippen LogP contribution in [0.5, 0.6) is 0 Å². The molecule has 0 saturated carbocycles. The highest BCUT2D eigenvalue weighted by atomic mass is 16.2. The molecule has 0 unspecified atom stereocenters. The van der Waals surface area contributed by atoms with Crippen LogP contribution < -0.4 is 16.6 Å². The summed E-state index contributed by atoms with van der Waals surface area (Å²) in [6, 6.07) is 1.50. The lowest BCUT2D eigenvalue weighted by Crippen LogP contribution is -2.42. The summed E-state index contributed by atoms with van der Waals surface area (Å²) in [5.41, 5.74) is 0.152. The van der Waals surface area contributed by atoms with E-state index < -0.39 is 0 Å². The van der Waals surface area contributed by atoms with Gasteiger partial charge in [0.1, 0.15) is 0 Å². The highest BCUT2D eigenvalue weighted by molar-refractivity contribution is 5.02. The van der Waals surface area contributed by atoms with E-state index in [0.29, 0.717) is 12.2 Å². The van der Waals surface area contributed by atoms with Crippen LogP contribution in [0, 0.1) is 0 Å². The molecule has 1 N–H and O–H groups in total. The SMILES string of the molecule is CCC(C)(C)NCc1cc(=O)n(C)c(=O)n1C. The molecule has 96 valence electrons. The molecule has 0 saturated heterocycles. The predicted molar refractivity (Wildman–Crippen MR) is 68.1 cm³/mol. The second-order valence-electron chi connectivity index (χ2n) is 4.97. The van der Waals surface area contributed by atoms with Crippen LogP contribution in [0.25, 0.3) is 0 Å². The quantitative estimate of drug-likeness (QED) is 0.825. The third-order valence-corrected chi connectivity index (χ3v) is 3.26. The molecule has 1 heterocycles. The van der Waals surface area contributed by atoms with Gasteiger partial charge in [0, 0.05) is 37.9 Å². The molecule has 0 radical (unpaired) electrons. The molecule has 0 aliphatic heterocycles. The molecule has 0 atom stereocenters. The Morgan fingerprint density at radius 3 is 2.35 bits per heavy atom. The molecule has 1 aromatic rings. The van der Waals surface area contributed by atoms with Crippen molar-refractivity contribution in [2.75, 3.05) is 0 Å². The maximum Gasteiger partial charge on any atom is 0.330 e. The first kappa shape index (κ1) is 13.7. The molecular formula is C12H21N3O2. The molecule has 0 spiro atoms. The average molecular weight is 239 g/mol. The molecule has 0 aliphatic carbocycles. The Hall–Kier alpha value is -1.36. The molecule has 1 rings (SSSR count). The Kier molecular flexibility index (Phi) is 3.93. The van der Waals surface area contributed by atoms with Crippen LogP contribution in [0.4, 0.5) is 0 Å². The van der Waals surface area contributed by atoms with E-state index in [2.05, 4.69) is 26.1 Å². The van der Waals surface area contributed by atoms with Gasteiger partial charge in [-0.2, -0.15) is 0 Å². The molecule has 5 heteroatoms. The molecule has 0 bridgehead atoms. The van der Waals surface area contributed by atoms with Crippen LogP contribution in [-0.4, -0.2) is 14.7 Å². The lowest BCUT2D eigenvalue weighted by atomic mass is 10.0. The van der Waals surface area contributed by atoms with Gasteiger partial charge in [-0.05, 0) is 20.3 Å². The van der Waals surface area contributed by atoms with Crippen LogP contribution in [0.15, 0.2) is 15.7 Å². The summed E-state index contributed by atoms with van der Waals surface area (Å²) in [7, 11) is 3.16. The minimum Gasteiger partial charge on any atom is -0.306 e. The first-order valence-electron chi connectivity index (χ1n) is 5.79. The van der Waals surface area contributed by atoms with E-state index in [4.69, 9.17) is 0 Å². The number of nitrogens with one attached hydrogen (secondary N) is 1. The Morgan fingerprint density at radius 2 is 1.82 bits per heavy atom. The maximum atomic E-state index is 11.7. The molecule has 0 amide bonds. The van der Waals surface area contributed by atoms with Crippen LogP contribution in [0.1, 0.15) is 32.9 Å². The number of hydrogen-bond donors (Lipinski definition) is 1. The van der Waals surface area contributed by atoms with Crippen LogP contribution in [0.3, 0.4) is 0 Å². The van der Waals surface area contributed by atoms with Gasteiger partial charge in [-0.3, -0.25) is 13.9 Å². The van der Waals surface area contributed by atoms with E-state index in [0.717, 1.165) is 11.0 Å². The van der Waals surface area contributed by atoms with Gasteiger partial charge < -0.3 is 5.32 Å². The smallest absolute Gasteiger partial charge is 0.306 e. The van der Waals surface area contributed by atoms with Crippen molar-refractivity contribution in [3.8, 4) is 0 Å². The highest BCUT2D eigenvalue weighted by Gasteiger charge is 2.15. The van der Waals surface area contributed by atoms with Gasteiger partial charge in [0.05, 0.1) is 0 Å². The van der Waals surface area contributed by atoms with Gasteiger partial charge in [-0.15, -0.1) is 0 Å². The normalized spacial score (nSPS) is 11.8. The zero-order valence-corrected chi connectivity index (χ0v) is 11.2. The first-order valence-corrected chi connectivity index (χ1v) is 5.79. The van der Waals surface area contributed by atoms with Crippen molar-refractivity contribution in [3.63, 3.8) is 0 Å². The number of hydrogen-bond acceptors (Lipinski definition) is 3. The zero-order valence-electron chi connectivity index (χ0n) is 11.2. The molecule has 0 fully saturated rings. The van der Waals surface area contributed by atoms with Crippen LogP contribution in [0.2, 0.25) is 0 Å². The summed E-state index contributed by atoms with van der Waals surface area (Å²) in [6.45, 7) is 6.79. The fourth-order valence-corrected chi connectivity index (χ4v) is 1.40. The van der Waals surface area contributed by atoms with E-state index >= 15 is 0 Å². The van der Waals surface area contributed by atoms with Gasteiger partial charge >= 0.3 is 5.69 Å². The summed E-state index contributed by atoms with van der Waals surface area (Å²) in [5, 5.41) is 3.33. The van der Waals surface area contributed by atoms with Crippen molar-refractivity contribution in [1.29, 1.82) is 0 Å². The fourth-order valence-electron chi connectivity index (χ4n) is 1.40. The van der Waals surface area contributed by atoms with E-state index in [9.17, 15) is 9.59 Å². The van der Waals surface area contributed by atoms with Gasteiger partial charge in [0.25, 0.3) is 5.56 Å². The molecular weight excluding hydrogens is 218 g/mol. The molecule has 5 nitrogen and oxygen atoms in total. The minimum atomic E-state index is -0.288. The third-order valence-electron chi connectivity index (χ3n) is 3.26. The lowest BCUT2D eigenvalue weighted by Gasteiger charge is -2.25. The van der Waals surface area contributed by atoms with E-state index in [1.165, 1.54) is 17.7 Å². The zero-order chi connectivity index (χ0) is 13.2. The molecule has 1 aromatic heterocycles. The van der Waals surface area contributed by atoms with Crippen molar-refractivity contribution in [2.45, 2.75) is 39.3 Å². The summed E-state index contributed by atoms with van der Waals surface area (Å²) < 4.78 is 2.61. The van der Waals surface area contributed by atoms with Crippen molar-refractivity contribution in [2.24, 2.45) is 14.1 Å². The average Bonchev–Trinajstić information content (AvgIpc) is 2.29. The van der Waals surface area contributed by atoms with Gasteiger partial charge in [0.2, 0.25) is 0 Å². The van der Waals surface area contributed by atoms with Crippen molar-refractivity contribution >= 4 is 0 Å². The fraction of sp³-hybridized carbons (Fsp3) is 0.667. The topological polar surface area (TPSA) is 56.0 Å². The summed E-state index contributed by atoms with van der Waals surface area (Å²) in [4.78, 5) is 23.2. The Balaban J connectivity index is 3.02. The second-order valence-corrected chi connectivity index (χ2v) is 4.97. The highest BCUT2D eigenvalue weighted by Crippen LogP contribution is 2.07. The van der Waals surface area contributed by atoms with Gasteiger partial charge in [0.15, 0.2) is 0 Å². The van der Waals surface area contributed by atoms with E-state index in [1.807, 2.05) is 0 Å². The largest absolute Gasteiger partial charge is 0.330 e. The van der Waals surface area contributed by atoms with Crippen LogP contribution >= 0.6 is 0 Å². The lowest BCUT2D eigenvalue weighted by molar-refractivity contribution is 0.368. The van der Waals surface area contributed by atoms with E-state index in [1.54, 1.807) is 7.05 Å². The minimum absolute atomic E-state index is 0.00285. The van der Waals surface area contributed by atoms with Crippen molar-refractivity contribution < 1.29 is 0 Å². The standard InChI is InChI=1S/C12H21N3O2/c1-6-12(2,3)13-8-9-7-10(16)15(5)11(17)14(9)4/h7,13H,6,8H2,1-5H3. The Labute approximate surface area is 101 Å². The number of rotatable bonds is 4. The third kappa shape index (κ3) is 3.06. The number of nitrogens with zero attached hydrogens (tertiary/aromatic N) is 2. The van der Waals surface area contributed by atoms with Crippen molar-refractivity contribution in [1.82, 2.24) is 14.5 Å². The monoisotopic (exact) mass is 239 g/mol. The Bertz CT molecular complexity index is 511. The summed E-state index contributed by atoms with van der Waals surface area (Å²) in [6.07, 6.45) is 0.978. The summed E-state index contributed by atoms with van der Waals surface area (Å²) in [5.74, 6) is 0. The van der Waals surface area contributed by atoms with E-state index in [-0.39, 0.29) is 16.8 Å².